The maximum atomic E-state index is 5.22. The van der Waals surface area contributed by atoms with Crippen molar-refractivity contribution in [2.24, 2.45) is 0 Å². The quantitative estimate of drug-likeness (QED) is 0.752. The molecule has 0 fully saturated rings. The second kappa shape index (κ2) is 8.07. The first-order valence-corrected chi connectivity index (χ1v) is 6.54. The summed E-state index contributed by atoms with van der Waals surface area (Å²) in [5, 5.41) is 3.58. The van der Waals surface area contributed by atoms with Crippen molar-refractivity contribution in [2.75, 3.05) is 13.7 Å². The van der Waals surface area contributed by atoms with Gasteiger partial charge in [-0.05, 0) is 31.0 Å². The Kier molecular flexibility index (Phi) is 6.63. The molecular formula is C14H24N2O. The number of aromatic nitrogens is 1. The Hall–Kier alpha value is -1.09. The maximum absolute atomic E-state index is 5.22. The molecule has 3 heteroatoms. The first-order chi connectivity index (χ1) is 8.31. The zero-order valence-corrected chi connectivity index (χ0v) is 11.2. The van der Waals surface area contributed by atoms with Crippen LogP contribution in [0, 0.1) is 0 Å². The van der Waals surface area contributed by atoms with E-state index in [1.807, 2.05) is 6.20 Å². The number of rotatable bonds is 8. The van der Waals surface area contributed by atoms with Crippen LogP contribution in [0.2, 0.25) is 0 Å². The van der Waals surface area contributed by atoms with Crippen LogP contribution in [0.3, 0.4) is 0 Å². The third-order valence-corrected chi connectivity index (χ3v) is 2.86. The predicted octanol–water partition coefficient (Wildman–Crippen LogP) is 3.32. The van der Waals surface area contributed by atoms with Crippen LogP contribution in [-0.4, -0.2) is 18.6 Å². The topological polar surface area (TPSA) is 34.2 Å². The van der Waals surface area contributed by atoms with Crippen molar-refractivity contribution < 1.29 is 4.74 Å². The van der Waals surface area contributed by atoms with Crippen molar-refractivity contribution in [1.29, 1.82) is 0 Å². The molecule has 1 atom stereocenters. The summed E-state index contributed by atoms with van der Waals surface area (Å²) in [7, 11) is 1.68. The molecule has 0 bridgehead atoms. The van der Waals surface area contributed by atoms with Gasteiger partial charge in [0, 0.05) is 12.2 Å². The van der Waals surface area contributed by atoms with Crippen molar-refractivity contribution in [3.8, 4) is 5.75 Å². The molecule has 96 valence electrons. The highest BCUT2D eigenvalue weighted by atomic mass is 16.5. The zero-order valence-electron chi connectivity index (χ0n) is 11.2. The van der Waals surface area contributed by atoms with Crippen LogP contribution in [0.1, 0.15) is 51.1 Å². The lowest BCUT2D eigenvalue weighted by atomic mass is 10.0. The number of unbranched alkanes of at least 4 members (excludes halogenated alkanes) is 1. The summed E-state index contributed by atoms with van der Waals surface area (Å²) in [4.78, 5) is 4.23. The van der Waals surface area contributed by atoms with Gasteiger partial charge in [0.05, 0.1) is 13.3 Å². The summed E-state index contributed by atoms with van der Waals surface area (Å²) in [6.07, 6.45) is 8.46. The maximum Gasteiger partial charge on any atom is 0.137 e. The standard InChI is InChI=1S/C14H24N2O/c1-4-6-7-14(16-8-5-2)12-9-13(17-3)11-15-10-12/h9-11,14,16H,4-8H2,1-3H3. The van der Waals surface area contributed by atoms with Gasteiger partial charge >= 0.3 is 0 Å². The molecule has 0 radical (unpaired) electrons. The van der Waals surface area contributed by atoms with E-state index in [4.69, 9.17) is 4.74 Å². The van der Waals surface area contributed by atoms with Crippen molar-refractivity contribution in [3.05, 3.63) is 24.0 Å². The van der Waals surface area contributed by atoms with Crippen LogP contribution in [-0.2, 0) is 0 Å². The first-order valence-electron chi connectivity index (χ1n) is 6.54. The van der Waals surface area contributed by atoms with Gasteiger partial charge in [0.2, 0.25) is 0 Å². The van der Waals surface area contributed by atoms with Gasteiger partial charge in [-0.15, -0.1) is 0 Å². The van der Waals surface area contributed by atoms with Gasteiger partial charge < -0.3 is 10.1 Å². The molecule has 0 amide bonds. The summed E-state index contributed by atoms with van der Waals surface area (Å²) in [6.45, 7) is 5.46. The molecule has 1 heterocycles. The Morgan fingerprint density at radius 1 is 1.29 bits per heavy atom. The van der Waals surface area contributed by atoms with Crippen LogP contribution in [0.15, 0.2) is 18.5 Å². The molecule has 0 aliphatic rings. The molecule has 17 heavy (non-hydrogen) atoms. The zero-order chi connectivity index (χ0) is 12.5. The smallest absolute Gasteiger partial charge is 0.137 e. The van der Waals surface area contributed by atoms with Crippen molar-refractivity contribution in [3.63, 3.8) is 0 Å². The van der Waals surface area contributed by atoms with E-state index in [2.05, 4.69) is 30.2 Å². The van der Waals surface area contributed by atoms with E-state index in [1.54, 1.807) is 13.3 Å². The minimum atomic E-state index is 0.400. The molecule has 1 N–H and O–H groups in total. The van der Waals surface area contributed by atoms with E-state index in [-0.39, 0.29) is 0 Å². The van der Waals surface area contributed by atoms with E-state index in [0.29, 0.717) is 6.04 Å². The molecule has 1 unspecified atom stereocenters. The average molecular weight is 236 g/mol. The number of hydrogen-bond donors (Lipinski definition) is 1. The molecule has 1 aromatic rings. The molecule has 0 saturated heterocycles. The van der Waals surface area contributed by atoms with Gasteiger partial charge in [-0.25, -0.2) is 0 Å². The van der Waals surface area contributed by atoms with Gasteiger partial charge in [0.25, 0.3) is 0 Å². The third kappa shape index (κ3) is 4.73. The van der Waals surface area contributed by atoms with E-state index in [1.165, 1.54) is 18.4 Å². The second-order valence-corrected chi connectivity index (χ2v) is 4.31. The van der Waals surface area contributed by atoms with E-state index in [9.17, 15) is 0 Å². The van der Waals surface area contributed by atoms with E-state index in [0.717, 1.165) is 25.1 Å². The number of nitrogens with one attached hydrogen (secondary N) is 1. The SMILES string of the molecule is CCCCC(NCCC)c1cncc(OC)c1. The summed E-state index contributed by atoms with van der Waals surface area (Å²) in [5.41, 5.74) is 1.23. The lowest BCUT2D eigenvalue weighted by Gasteiger charge is -2.18. The Labute approximate surface area is 105 Å². The lowest BCUT2D eigenvalue weighted by molar-refractivity contribution is 0.409. The number of ether oxygens (including phenoxy) is 1. The van der Waals surface area contributed by atoms with Gasteiger partial charge in [0.1, 0.15) is 5.75 Å². The fraction of sp³-hybridized carbons (Fsp3) is 0.643. The van der Waals surface area contributed by atoms with E-state index < -0.39 is 0 Å². The fourth-order valence-corrected chi connectivity index (χ4v) is 1.85. The Morgan fingerprint density at radius 2 is 2.12 bits per heavy atom. The Balaban J connectivity index is 2.71. The molecule has 0 aliphatic carbocycles. The van der Waals surface area contributed by atoms with Gasteiger partial charge in [-0.2, -0.15) is 0 Å². The Morgan fingerprint density at radius 3 is 2.76 bits per heavy atom. The van der Waals surface area contributed by atoms with Crippen molar-refractivity contribution >= 4 is 0 Å². The van der Waals surface area contributed by atoms with E-state index >= 15 is 0 Å². The van der Waals surface area contributed by atoms with Gasteiger partial charge in [-0.3, -0.25) is 4.98 Å². The fourth-order valence-electron chi connectivity index (χ4n) is 1.85. The van der Waals surface area contributed by atoms with Crippen LogP contribution < -0.4 is 10.1 Å². The lowest BCUT2D eigenvalue weighted by Crippen LogP contribution is -2.22. The highest BCUT2D eigenvalue weighted by Gasteiger charge is 2.11. The molecule has 1 rings (SSSR count). The molecular weight excluding hydrogens is 212 g/mol. The number of methoxy groups -OCH3 is 1. The predicted molar refractivity (Wildman–Crippen MR) is 71.3 cm³/mol. The summed E-state index contributed by atoms with van der Waals surface area (Å²) >= 11 is 0. The summed E-state index contributed by atoms with van der Waals surface area (Å²) in [5.74, 6) is 0.835. The second-order valence-electron chi connectivity index (χ2n) is 4.31. The molecule has 0 aliphatic heterocycles. The number of pyridine rings is 1. The van der Waals surface area contributed by atoms with Crippen LogP contribution in [0.5, 0.6) is 5.75 Å². The van der Waals surface area contributed by atoms with Crippen molar-refractivity contribution in [2.45, 2.75) is 45.6 Å². The molecule has 0 aromatic carbocycles. The number of hydrogen-bond acceptors (Lipinski definition) is 3. The van der Waals surface area contributed by atoms with Crippen LogP contribution >= 0.6 is 0 Å². The van der Waals surface area contributed by atoms with Crippen LogP contribution in [0.4, 0.5) is 0 Å². The Bertz CT molecular complexity index is 307. The minimum absolute atomic E-state index is 0.400. The largest absolute Gasteiger partial charge is 0.495 e. The molecule has 0 spiro atoms. The highest BCUT2D eigenvalue weighted by Crippen LogP contribution is 2.22. The molecule has 3 nitrogen and oxygen atoms in total. The average Bonchev–Trinajstić information content (AvgIpc) is 2.39. The molecule has 0 saturated carbocycles. The third-order valence-electron chi connectivity index (χ3n) is 2.86. The van der Waals surface area contributed by atoms with Gasteiger partial charge in [-0.1, -0.05) is 26.7 Å². The normalized spacial score (nSPS) is 12.4. The van der Waals surface area contributed by atoms with Crippen molar-refractivity contribution in [1.82, 2.24) is 10.3 Å². The van der Waals surface area contributed by atoms with Gasteiger partial charge in [0.15, 0.2) is 0 Å². The summed E-state index contributed by atoms with van der Waals surface area (Å²) in [6, 6.07) is 2.48. The monoisotopic (exact) mass is 236 g/mol. The highest BCUT2D eigenvalue weighted by molar-refractivity contribution is 5.25. The molecule has 1 aromatic heterocycles. The minimum Gasteiger partial charge on any atom is -0.495 e. The first kappa shape index (κ1) is 14.0. The van der Waals surface area contributed by atoms with Crippen LogP contribution in [0.25, 0.3) is 0 Å². The number of nitrogens with zero attached hydrogens (tertiary/aromatic N) is 1. The summed E-state index contributed by atoms with van der Waals surface area (Å²) < 4.78 is 5.22.